The van der Waals surface area contributed by atoms with Crippen molar-refractivity contribution >= 4 is 31.9 Å². The second-order valence-electron chi connectivity index (χ2n) is 4.75. The minimum Gasteiger partial charge on any atom is -0.306 e. The first-order chi connectivity index (χ1) is 9.95. The van der Waals surface area contributed by atoms with Crippen molar-refractivity contribution in [2.75, 3.05) is 6.54 Å². The molecular weight excluding hydrogens is 404 g/mol. The summed E-state index contributed by atoms with van der Waals surface area (Å²) in [6.45, 7) is 4.14. The van der Waals surface area contributed by atoms with Crippen LogP contribution in [0, 0.1) is 18.6 Å². The second kappa shape index (κ2) is 6.99. The van der Waals surface area contributed by atoms with Gasteiger partial charge in [-0.15, -0.1) is 0 Å². The van der Waals surface area contributed by atoms with Crippen LogP contribution in [0.5, 0.6) is 0 Å². The van der Waals surface area contributed by atoms with Crippen molar-refractivity contribution in [3.05, 3.63) is 67.6 Å². The third kappa shape index (κ3) is 3.52. The fourth-order valence-electron chi connectivity index (χ4n) is 2.25. The first kappa shape index (κ1) is 16.6. The van der Waals surface area contributed by atoms with Crippen LogP contribution in [0.1, 0.15) is 29.7 Å². The smallest absolute Gasteiger partial charge is 0.134 e. The standard InChI is InChI=1S/C16H15Br2F2N/c1-3-21-16(11-8-10(17)5-6-12(11)18)14-13(19)7-4-9(2)15(14)20/h4-8,16,21H,3H2,1-2H3. The van der Waals surface area contributed by atoms with Crippen LogP contribution in [-0.2, 0) is 0 Å². The summed E-state index contributed by atoms with van der Waals surface area (Å²) < 4.78 is 30.3. The summed E-state index contributed by atoms with van der Waals surface area (Å²) in [5.74, 6) is -1.05. The minimum atomic E-state index is -0.554. The molecule has 0 aliphatic rings. The largest absolute Gasteiger partial charge is 0.306 e. The molecule has 1 N–H and O–H groups in total. The molecule has 5 heteroatoms. The predicted octanol–water partition coefficient (Wildman–Crippen LogP) is 5.50. The first-order valence-corrected chi connectivity index (χ1v) is 8.17. The van der Waals surface area contributed by atoms with Gasteiger partial charge in [-0.1, -0.05) is 44.8 Å². The zero-order valence-corrected chi connectivity index (χ0v) is 14.9. The van der Waals surface area contributed by atoms with Gasteiger partial charge >= 0.3 is 0 Å². The number of aryl methyl sites for hydroxylation is 1. The summed E-state index contributed by atoms with van der Waals surface area (Å²) in [4.78, 5) is 0. The molecule has 2 aromatic carbocycles. The van der Waals surface area contributed by atoms with Gasteiger partial charge in [-0.2, -0.15) is 0 Å². The molecule has 0 aliphatic carbocycles. The van der Waals surface area contributed by atoms with Crippen LogP contribution in [-0.4, -0.2) is 6.54 Å². The van der Waals surface area contributed by atoms with E-state index in [1.54, 1.807) is 6.92 Å². The normalized spacial score (nSPS) is 12.5. The molecule has 0 aromatic heterocycles. The molecule has 0 aliphatic heterocycles. The van der Waals surface area contributed by atoms with Crippen molar-refractivity contribution in [3.63, 3.8) is 0 Å². The molecule has 0 radical (unpaired) electrons. The van der Waals surface area contributed by atoms with E-state index in [0.29, 0.717) is 12.1 Å². The molecule has 112 valence electrons. The summed E-state index contributed by atoms with van der Waals surface area (Å²) >= 11 is 6.86. The molecule has 21 heavy (non-hydrogen) atoms. The lowest BCUT2D eigenvalue weighted by atomic mass is 9.96. The zero-order valence-electron chi connectivity index (χ0n) is 11.7. The molecule has 0 saturated heterocycles. The molecule has 1 unspecified atom stereocenters. The van der Waals surface area contributed by atoms with E-state index in [1.807, 2.05) is 25.1 Å². The van der Waals surface area contributed by atoms with E-state index >= 15 is 0 Å². The summed E-state index contributed by atoms with van der Waals surface area (Å²) in [5, 5.41) is 3.16. The van der Waals surface area contributed by atoms with Crippen molar-refractivity contribution in [3.8, 4) is 0 Å². The number of rotatable bonds is 4. The average molecular weight is 419 g/mol. The lowest BCUT2D eigenvalue weighted by molar-refractivity contribution is 0.505. The Hall–Kier alpha value is -0.780. The van der Waals surface area contributed by atoms with Crippen molar-refractivity contribution < 1.29 is 8.78 Å². The van der Waals surface area contributed by atoms with Gasteiger partial charge in [0.25, 0.3) is 0 Å². The molecule has 1 atom stereocenters. The van der Waals surface area contributed by atoms with Gasteiger partial charge in [0, 0.05) is 14.5 Å². The topological polar surface area (TPSA) is 12.0 Å². The highest BCUT2D eigenvalue weighted by Gasteiger charge is 2.24. The minimum absolute atomic E-state index is 0.0515. The van der Waals surface area contributed by atoms with Gasteiger partial charge in [-0.3, -0.25) is 0 Å². The molecule has 1 nitrogen and oxygen atoms in total. The Morgan fingerprint density at radius 2 is 1.86 bits per heavy atom. The average Bonchev–Trinajstić information content (AvgIpc) is 2.45. The Morgan fingerprint density at radius 1 is 1.14 bits per heavy atom. The Bertz CT molecular complexity index is 659. The molecule has 0 saturated carbocycles. The summed E-state index contributed by atoms with van der Waals surface area (Å²) in [5.41, 5.74) is 1.27. The third-order valence-electron chi connectivity index (χ3n) is 3.29. The molecule has 2 aromatic rings. The Labute approximate surface area is 140 Å². The van der Waals surface area contributed by atoms with E-state index in [0.717, 1.165) is 14.5 Å². The van der Waals surface area contributed by atoms with E-state index in [2.05, 4.69) is 37.2 Å². The van der Waals surface area contributed by atoms with Gasteiger partial charge < -0.3 is 5.32 Å². The quantitative estimate of drug-likeness (QED) is 0.691. The highest BCUT2D eigenvalue weighted by atomic mass is 79.9. The number of halogens is 4. The first-order valence-electron chi connectivity index (χ1n) is 6.58. The van der Waals surface area contributed by atoms with Gasteiger partial charge in [-0.05, 0) is 48.9 Å². The number of nitrogens with one attached hydrogen (secondary N) is 1. The molecule has 0 fully saturated rings. The zero-order chi connectivity index (χ0) is 15.6. The SMILES string of the molecule is CCNC(c1cc(Br)ccc1Br)c1c(F)ccc(C)c1F. The van der Waals surface area contributed by atoms with E-state index in [-0.39, 0.29) is 5.56 Å². The summed E-state index contributed by atoms with van der Waals surface area (Å²) in [7, 11) is 0. The molecular formula is C16H15Br2F2N. The van der Waals surface area contributed by atoms with Gasteiger partial charge in [0.2, 0.25) is 0 Å². The predicted molar refractivity (Wildman–Crippen MR) is 88.5 cm³/mol. The van der Waals surface area contributed by atoms with Gasteiger partial charge in [0.05, 0.1) is 6.04 Å². The van der Waals surface area contributed by atoms with Crippen LogP contribution < -0.4 is 5.32 Å². The van der Waals surface area contributed by atoms with Crippen LogP contribution in [0.25, 0.3) is 0 Å². The van der Waals surface area contributed by atoms with Gasteiger partial charge in [0.1, 0.15) is 11.6 Å². The van der Waals surface area contributed by atoms with E-state index in [9.17, 15) is 8.78 Å². The van der Waals surface area contributed by atoms with Crippen LogP contribution in [0.15, 0.2) is 39.3 Å². The van der Waals surface area contributed by atoms with E-state index in [1.165, 1.54) is 12.1 Å². The lowest BCUT2D eigenvalue weighted by Crippen LogP contribution is -2.25. The fourth-order valence-corrected chi connectivity index (χ4v) is 3.10. The number of benzene rings is 2. The number of hydrogen-bond acceptors (Lipinski definition) is 1. The maximum Gasteiger partial charge on any atom is 0.134 e. The van der Waals surface area contributed by atoms with Crippen molar-refractivity contribution in [1.29, 1.82) is 0 Å². The molecule has 0 amide bonds. The second-order valence-corrected chi connectivity index (χ2v) is 6.52. The van der Waals surface area contributed by atoms with Crippen LogP contribution in [0.4, 0.5) is 8.78 Å². The molecule has 2 rings (SSSR count). The maximum atomic E-state index is 14.4. The van der Waals surface area contributed by atoms with Crippen molar-refractivity contribution in [2.45, 2.75) is 19.9 Å². The maximum absolute atomic E-state index is 14.4. The summed E-state index contributed by atoms with van der Waals surface area (Å²) in [6, 6.07) is 7.80. The third-order valence-corrected chi connectivity index (χ3v) is 4.50. The van der Waals surface area contributed by atoms with Crippen LogP contribution in [0.2, 0.25) is 0 Å². The van der Waals surface area contributed by atoms with Crippen LogP contribution in [0.3, 0.4) is 0 Å². The van der Waals surface area contributed by atoms with Crippen LogP contribution >= 0.6 is 31.9 Å². The summed E-state index contributed by atoms with van der Waals surface area (Å²) in [6.07, 6.45) is 0. The Balaban J connectivity index is 2.64. The van der Waals surface area contributed by atoms with E-state index in [4.69, 9.17) is 0 Å². The van der Waals surface area contributed by atoms with Crippen molar-refractivity contribution in [2.24, 2.45) is 0 Å². The Morgan fingerprint density at radius 3 is 2.52 bits per heavy atom. The molecule has 0 spiro atoms. The van der Waals surface area contributed by atoms with Gasteiger partial charge in [0.15, 0.2) is 0 Å². The van der Waals surface area contributed by atoms with Gasteiger partial charge in [-0.25, -0.2) is 8.78 Å². The monoisotopic (exact) mass is 417 g/mol. The highest BCUT2D eigenvalue weighted by molar-refractivity contribution is 9.11. The molecule has 0 heterocycles. The van der Waals surface area contributed by atoms with E-state index < -0.39 is 17.7 Å². The number of hydrogen-bond donors (Lipinski definition) is 1. The fraction of sp³-hybridized carbons (Fsp3) is 0.250. The molecule has 0 bridgehead atoms. The highest BCUT2D eigenvalue weighted by Crippen LogP contribution is 2.34. The van der Waals surface area contributed by atoms with Crippen molar-refractivity contribution in [1.82, 2.24) is 5.32 Å². The Kier molecular flexibility index (Phi) is 5.52. The lowest BCUT2D eigenvalue weighted by Gasteiger charge is -2.22.